The largest absolute Gasteiger partial charge is 0.366 e. The molecule has 0 aromatic carbocycles. The molecule has 6 heteroatoms. The zero-order valence-corrected chi connectivity index (χ0v) is 12.9. The molecule has 3 aromatic rings. The number of aromatic nitrogens is 5. The topological polar surface area (TPSA) is 68.5 Å². The third-order valence-electron chi connectivity index (χ3n) is 3.32. The van der Waals surface area contributed by atoms with Crippen LogP contribution in [0.1, 0.15) is 22.9 Å². The standard InChI is InChI=1S/C16H18N6/c1-11-8-15(21-12(2)20-11)19-10-14-4-5-18-16(9-14)22-7-6-17-13(22)3/h4-9H,10H2,1-3H3,(H,19,20,21). The van der Waals surface area contributed by atoms with Crippen LogP contribution in [-0.2, 0) is 6.54 Å². The molecule has 0 amide bonds. The van der Waals surface area contributed by atoms with Gasteiger partial charge in [-0.25, -0.2) is 19.9 Å². The van der Waals surface area contributed by atoms with Crippen molar-refractivity contribution in [2.45, 2.75) is 27.3 Å². The molecule has 112 valence electrons. The van der Waals surface area contributed by atoms with Gasteiger partial charge in [-0.3, -0.25) is 4.57 Å². The number of nitrogens with one attached hydrogen (secondary N) is 1. The van der Waals surface area contributed by atoms with Gasteiger partial charge in [0.2, 0.25) is 0 Å². The zero-order chi connectivity index (χ0) is 15.5. The SMILES string of the molecule is Cc1cc(NCc2ccnc(-n3ccnc3C)c2)nc(C)n1. The molecule has 0 aliphatic heterocycles. The Labute approximate surface area is 129 Å². The molecule has 1 N–H and O–H groups in total. The Balaban J connectivity index is 1.77. The number of rotatable bonds is 4. The molecule has 0 aliphatic carbocycles. The fourth-order valence-electron chi connectivity index (χ4n) is 2.32. The van der Waals surface area contributed by atoms with E-state index in [0.29, 0.717) is 6.54 Å². The quantitative estimate of drug-likeness (QED) is 0.801. The molecule has 0 saturated carbocycles. The number of imidazole rings is 1. The Hall–Kier alpha value is -2.76. The third-order valence-corrected chi connectivity index (χ3v) is 3.32. The van der Waals surface area contributed by atoms with Gasteiger partial charge in [-0.05, 0) is 38.5 Å². The normalized spacial score (nSPS) is 10.7. The lowest BCUT2D eigenvalue weighted by Gasteiger charge is -2.09. The maximum absolute atomic E-state index is 4.40. The number of hydrogen-bond donors (Lipinski definition) is 1. The molecule has 0 atom stereocenters. The summed E-state index contributed by atoms with van der Waals surface area (Å²) in [5, 5.41) is 3.33. The van der Waals surface area contributed by atoms with Gasteiger partial charge in [-0.2, -0.15) is 0 Å². The highest BCUT2D eigenvalue weighted by atomic mass is 15.1. The van der Waals surface area contributed by atoms with Crippen molar-refractivity contribution in [3.05, 3.63) is 59.7 Å². The first kappa shape index (κ1) is 14.2. The minimum Gasteiger partial charge on any atom is -0.366 e. The highest BCUT2D eigenvalue weighted by molar-refractivity contribution is 5.38. The molecule has 3 rings (SSSR count). The molecule has 0 saturated heterocycles. The van der Waals surface area contributed by atoms with Crippen LogP contribution in [0, 0.1) is 20.8 Å². The molecular formula is C16H18N6. The second-order valence-electron chi connectivity index (χ2n) is 5.16. The summed E-state index contributed by atoms with van der Waals surface area (Å²) >= 11 is 0. The molecule has 3 heterocycles. The lowest BCUT2D eigenvalue weighted by molar-refractivity contribution is 0.923. The Morgan fingerprint density at radius 1 is 1.05 bits per heavy atom. The van der Waals surface area contributed by atoms with Crippen molar-refractivity contribution in [2.75, 3.05) is 5.32 Å². The minimum atomic E-state index is 0.680. The van der Waals surface area contributed by atoms with E-state index in [-0.39, 0.29) is 0 Å². The van der Waals surface area contributed by atoms with E-state index in [4.69, 9.17) is 0 Å². The second kappa shape index (κ2) is 5.93. The van der Waals surface area contributed by atoms with Gasteiger partial charge in [-0.1, -0.05) is 0 Å². The predicted octanol–water partition coefficient (Wildman–Crippen LogP) is 2.59. The summed E-state index contributed by atoms with van der Waals surface area (Å²) in [4.78, 5) is 17.3. The number of anilines is 1. The maximum Gasteiger partial charge on any atom is 0.138 e. The van der Waals surface area contributed by atoms with Crippen molar-refractivity contribution < 1.29 is 0 Å². The first-order valence-corrected chi connectivity index (χ1v) is 7.13. The highest BCUT2D eigenvalue weighted by Gasteiger charge is 2.04. The van der Waals surface area contributed by atoms with Gasteiger partial charge in [0.25, 0.3) is 0 Å². The van der Waals surface area contributed by atoms with Crippen LogP contribution in [0.3, 0.4) is 0 Å². The number of nitrogens with zero attached hydrogens (tertiary/aromatic N) is 5. The van der Waals surface area contributed by atoms with Crippen molar-refractivity contribution in [1.29, 1.82) is 0 Å². The van der Waals surface area contributed by atoms with E-state index in [9.17, 15) is 0 Å². The summed E-state index contributed by atoms with van der Waals surface area (Å²) in [7, 11) is 0. The Bertz CT molecular complexity index is 773. The number of aryl methyl sites for hydroxylation is 3. The van der Waals surface area contributed by atoms with Crippen molar-refractivity contribution in [1.82, 2.24) is 24.5 Å². The Morgan fingerprint density at radius 3 is 2.64 bits per heavy atom. The summed E-state index contributed by atoms with van der Waals surface area (Å²) in [5.74, 6) is 3.39. The lowest BCUT2D eigenvalue weighted by atomic mass is 10.2. The first-order valence-electron chi connectivity index (χ1n) is 7.13. The van der Waals surface area contributed by atoms with Crippen LogP contribution in [0.5, 0.6) is 0 Å². The number of pyridine rings is 1. The fourth-order valence-corrected chi connectivity index (χ4v) is 2.32. The molecule has 0 fully saturated rings. The van der Waals surface area contributed by atoms with E-state index in [2.05, 4.69) is 25.3 Å². The van der Waals surface area contributed by atoms with Crippen LogP contribution in [-0.4, -0.2) is 24.5 Å². The van der Waals surface area contributed by atoms with Crippen molar-refractivity contribution in [2.24, 2.45) is 0 Å². The average Bonchev–Trinajstić information content (AvgIpc) is 2.91. The van der Waals surface area contributed by atoms with Gasteiger partial charge < -0.3 is 5.32 Å². The smallest absolute Gasteiger partial charge is 0.138 e. The van der Waals surface area contributed by atoms with Crippen LogP contribution in [0.2, 0.25) is 0 Å². The average molecular weight is 294 g/mol. The van der Waals surface area contributed by atoms with E-state index in [0.717, 1.165) is 34.5 Å². The maximum atomic E-state index is 4.40. The summed E-state index contributed by atoms with van der Waals surface area (Å²) in [5.41, 5.74) is 2.09. The predicted molar refractivity (Wildman–Crippen MR) is 84.9 cm³/mol. The minimum absolute atomic E-state index is 0.680. The summed E-state index contributed by atoms with van der Waals surface area (Å²) < 4.78 is 1.96. The molecule has 0 aliphatic rings. The number of hydrogen-bond acceptors (Lipinski definition) is 5. The van der Waals surface area contributed by atoms with Crippen LogP contribution >= 0.6 is 0 Å². The van der Waals surface area contributed by atoms with Crippen LogP contribution in [0.25, 0.3) is 5.82 Å². The first-order chi connectivity index (χ1) is 10.6. The van der Waals surface area contributed by atoms with Gasteiger partial charge in [0.15, 0.2) is 0 Å². The molecule has 6 nitrogen and oxygen atoms in total. The molecule has 22 heavy (non-hydrogen) atoms. The Kier molecular flexibility index (Phi) is 3.82. The van der Waals surface area contributed by atoms with Crippen molar-refractivity contribution >= 4 is 5.82 Å². The molecule has 0 unspecified atom stereocenters. The van der Waals surface area contributed by atoms with Gasteiger partial charge in [-0.15, -0.1) is 0 Å². The van der Waals surface area contributed by atoms with Gasteiger partial charge in [0.1, 0.15) is 23.3 Å². The van der Waals surface area contributed by atoms with E-state index in [1.807, 2.05) is 55.9 Å². The van der Waals surface area contributed by atoms with E-state index in [1.54, 1.807) is 6.20 Å². The summed E-state index contributed by atoms with van der Waals surface area (Å²) in [6.45, 7) is 6.50. The van der Waals surface area contributed by atoms with Crippen molar-refractivity contribution in [3.63, 3.8) is 0 Å². The van der Waals surface area contributed by atoms with E-state index < -0.39 is 0 Å². The van der Waals surface area contributed by atoms with Crippen molar-refractivity contribution in [3.8, 4) is 5.82 Å². The summed E-state index contributed by atoms with van der Waals surface area (Å²) in [6.07, 6.45) is 5.49. The van der Waals surface area contributed by atoms with Crippen LogP contribution in [0.15, 0.2) is 36.8 Å². The van der Waals surface area contributed by atoms with Crippen LogP contribution < -0.4 is 5.32 Å². The third kappa shape index (κ3) is 3.11. The van der Waals surface area contributed by atoms with E-state index in [1.165, 1.54) is 0 Å². The van der Waals surface area contributed by atoms with Gasteiger partial charge in [0.05, 0.1) is 0 Å². The molecule has 0 bridgehead atoms. The Morgan fingerprint density at radius 2 is 1.91 bits per heavy atom. The second-order valence-corrected chi connectivity index (χ2v) is 5.16. The lowest BCUT2D eigenvalue weighted by Crippen LogP contribution is -2.05. The zero-order valence-electron chi connectivity index (χ0n) is 12.9. The molecule has 3 aromatic heterocycles. The van der Waals surface area contributed by atoms with Crippen LogP contribution in [0.4, 0.5) is 5.82 Å². The van der Waals surface area contributed by atoms with Gasteiger partial charge in [0, 0.05) is 36.9 Å². The molecule has 0 radical (unpaired) electrons. The molecule has 0 spiro atoms. The molecular weight excluding hydrogens is 276 g/mol. The fraction of sp³-hybridized carbons (Fsp3) is 0.250. The monoisotopic (exact) mass is 294 g/mol. The van der Waals surface area contributed by atoms with Gasteiger partial charge >= 0.3 is 0 Å². The summed E-state index contributed by atoms with van der Waals surface area (Å²) in [6, 6.07) is 5.97. The highest BCUT2D eigenvalue weighted by Crippen LogP contribution is 2.12. The van der Waals surface area contributed by atoms with E-state index >= 15 is 0 Å².